The summed E-state index contributed by atoms with van der Waals surface area (Å²) >= 11 is 0. The Labute approximate surface area is 116 Å². The number of nitrogens with zero attached hydrogens (tertiary/aromatic N) is 2. The van der Waals surface area contributed by atoms with Crippen molar-refractivity contribution in [1.29, 1.82) is 0 Å². The van der Waals surface area contributed by atoms with Crippen molar-refractivity contribution >= 4 is 18.2 Å². The molecule has 0 unspecified atom stereocenters. The average Bonchev–Trinajstić information content (AvgIpc) is 2.36. The average molecular weight is 280 g/mol. The molecular formula is C13H16N2O5. The molecule has 0 fully saturated rings. The van der Waals surface area contributed by atoms with Crippen molar-refractivity contribution in [2.24, 2.45) is 5.10 Å². The molecule has 108 valence electrons. The lowest BCUT2D eigenvalue weighted by Crippen LogP contribution is -2.30. The molecule has 7 nitrogen and oxygen atoms in total. The van der Waals surface area contributed by atoms with E-state index in [4.69, 9.17) is 14.9 Å². The molecule has 1 aromatic rings. The van der Waals surface area contributed by atoms with Crippen LogP contribution in [0, 0.1) is 0 Å². The molecule has 0 aliphatic carbocycles. The van der Waals surface area contributed by atoms with Gasteiger partial charge in [-0.15, -0.1) is 0 Å². The van der Waals surface area contributed by atoms with Crippen LogP contribution >= 0.6 is 0 Å². The fraction of sp³-hybridized carbons (Fsp3) is 0.308. The van der Waals surface area contributed by atoms with Gasteiger partial charge in [0.15, 0.2) is 0 Å². The van der Waals surface area contributed by atoms with Gasteiger partial charge in [-0.25, -0.2) is 0 Å². The number of carboxylic acid groups (broad SMARTS) is 2. The lowest BCUT2D eigenvalue weighted by atomic mass is 10.2. The number of benzene rings is 1. The number of aliphatic carboxylic acids is 2. The lowest BCUT2D eigenvalue weighted by molar-refractivity contribution is -0.141. The molecule has 20 heavy (non-hydrogen) atoms. The van der Waals surface area contributed by atoms with Crippen molar-refractivity contribution < 1.29 is 24.5 Å². The van der Waals surface area contributed by atoms with Gasteiger partial charge in [0.1, 0.15) is 18.8 Å². The van der Waals surface area contributed by atoms with E-state index in [1.165, 1.54) is 6.21 Å². The highest BCUT2D eigenvalue weighted by Crippen LogP contribution is 2.15. The molecule has 0 radical (unpaired) electrons. The van der Waals surface area contributed by atoms with Crippen molar-refractivity contribution in [1.82, 2.24) is 5.01 Å². The van der Waals surface area contributed by atoms with Crippen LogP contribution < -0.4 is 4.74 Å². The molecular weight excluding hydrogens is 264 g/mol. The van der Waals surface area contributed by atoms with Gasteiger partial charge in [-0.05, 0) is 19.1 Å². The van der Waals surface area contributed by atoms with Gasteiger partial charge in [-0.3, -0.25) is 14.6 Å². The molecule has 0 bridgehead atoms. The van der Waals surface area contributed by atoms with Crippen molar-refractivity contribution in [3.8, 4) is 5.75 Å². The molecule has 1 rings (SSSR count). The summed E-state index contributed by atoms with van der Waals surface area (Å²) < 4.78 is 5.39. The Bertz CT molecular complexity index is 485. The highest BCUT2D eigenvalue weighted by molar-refractivity contribution is 5.83. The summed E-state index contributed by atoms with van der Waals surface area (Å²) in [5.74, 6) is -1.70. The fourth-order valence-electron chi connectivity index (χ4n) is 1.47. The highest BCUT2D eigenvalue weighted by atomic mass is 16.5. The SMILES string of the molecule is CCOc1ccccc1/C=N\N(CC(=O)O)CC(=O)O. The number of para-hydroxylation sites is 1. The van der Waals surface area contributed by atoms with Crippen LogP contribution in [-0.4, -0.2) is 53.1 Å². The maximum atomic E-state index is 10.6. The lowest BCUT2D eigenvalue weighted by Gasteiger charge is -2.14. The molecule has 0 saturated carbocycles. The van der Waals surface area contributed by atoms with E-state index in [2.05, 4.69) is 5.10 Å². The maximum absolute atomic E-state index is 10.6. The van der Waals surface area contributed by atoms with Crippen LogP contribution in [0.1, 0.15) is 12.5 Å². The Hall–Kier alpha value is -2.57. The highest BCUT2D eigenvalue weighted by Gasteiger charge is 2.10. The summed E-state index contributed by atoms with van der Waals surface area (Å²) in [6.07, 6.45) is 1.39. The first-order valence-electron chi connectivity index (χ1n) is 5.97. The molecule has 0 heterocycles. The number of hydrazone groups is 1. The Kier molecular flexibility index (Phi) is 6.02. The van der Waals surface area contributed by atoms with Crippen LogP contribution in [0.15, 0.2) is 29.4 Å². The molecule has 0 amide bonds. The minimum Gasteiger partial charge on any atom is -0.493 e. The second-order valence-electron chi connectivity index (χ2n) is 3.83. The maximum Gasteiger partial charge on any atom is 0.324 e. The summed E-state index contributed by atoms with van der Waals surface area (Å²) in [6, 6.07) is 7.08. The Morgan fingerprint density at radius 1 is 1.25 bits per heavy atom. The standard InChI is InChI=1S/C13H16N2O5/c1-2-20-11-6-4-3-5-10(11)7-14-15(8-12(16)17)9-13(18)19/h3-7H,2,8-9H2,1H3,(H,16,17)(H,18,19)/b14-7-. The zero-order valence-electron chi connectivity index (χ0n) is 11.0. The molecule has 0 atom stereocenters. The van der Waals surface area contributed by atoms with Gasteiger partial charge in [0.05, 0.1) is 12.8 Å². The minimum absolute atomic E-state index is 0.485. The normalized spacial score (nSPS) is 10.4. The summed E-state index contributed by atoms with van der Waals surface area (Å²) in [5.41, 5.74) is 0.648. The fourth-order valence-corrected chi connectivity index (χ4v) is 1.47. The largest absolute Gasteiger partial charge is 0.493 e. The van der Waals surface area contributed by atoms with Gasteiger partial charge in [0.2, 0.25) is 0 Å². The van der Waals surface area contributed by atoms with Gasteiger partial charge >= 0.3 is 11.9 Å². The second-order valence-corrected chi connectivity index (χ2v) is 3.83. The second kappa shape index (κ2) is 7.78. The summed E-state index contributed by atoms with van der Waals surface area (Å²) in [4.78, 5) is 21.3. The molecule has 2 N–H and O–H groups in total. The van der Waals surface area contributed by atoms with Crippen LogP contribution in [0.25, 0.3) is 0 Å². The van der Waals surface area contributed by atoms with Crippen molar-refractivity contribution in [2.45, 2.75) is 6.92 Å². The summed E-state index contributed by atoms with van der Waals surface area (Å²) in [5, 5.41) is 22.2. The zero-order chi connectivity index (χ0) is 15.0. The number of carboxylic acids is 2. The topological polar surface area (TPSA) is 99.4 Å². The Balaban J connectivity index is 2.85. The number of ether oxygens (including phenoxy) is 1. The van der Waals surface area contributed by atoms with Crippen LogP contribution in [0.3, 0.4) is 0 Å². The van der Waals surface area contributed by atoms with E-state index in [0.29, 0.717) is 17.9 Å². The van der Waals surface area contributed by atoms with Crippen LogP contribution in [0.5, 0.6) is 5.75 Å². The predicted molar refractivity (Wildman–Crippen MR) is 72.0 cm³/mol. The number of hydrogen-bond donors (Lipinski definition) is 2. The van der Waals surface area contributed by atoms with E-state index in [0.717, 1.165) is 5.01 Å². The molecule has 0 spiro atoms. The van der Waals surface area contributed by atoms with E-state index < -0.39 is 25.0 Å². The number of hydrogen-bond acceptors (Lipinski definition) is 5. The van der Waals surface area contributed by atoms with Crippen LogP contribution in [0.2, 0.25) is 0 Å². The van der Waals surface area contributed by atoms with Gasteiger partial charge in [-0.1, -0.05) is 12.1 Å². The first-order chi connectivity index (χ1) is 9.52. The van der Waals surface area contributed by atoms with Gasteiger partial charge in [0, 0.05) is 5.56 Å². The first-order valence-corrected chi connectivity index (χ1v) is 5.97. The number of carbonyl (C=O) groups is 2. The van der Waals surface area contributed by atoms with E-state index in [1.54, 1.807) is 24.3 Å². The third kappa shape index (κ3) is 5.38. The smallest absolute Gasteiger partial charge is 0.324 e. The van der Waals surface area contributed by atoms with Gasteiger partial charge in [0.25, 0.3) is 0 Å². The summed E-state index contributed by atoms with van der Waals surface area (Å²) in [6.45, 7) is 1.35. The quantitative estimate of drug-likeness (QED) is 0.542. The van der Waals surface area contributed by atoms with Gasteiger partial charge < -0.3 is 14.9 Å². The molecule has 0 aromatic heterocycles. The van der Waals surface area contributed by atoms with E-state index >= 15 is 0 Å². The zero-order valence-corrected chi connectivity index (χ0v) is 11.0. The predicted octanol–water partition coefficient (Wildman–Crippen LogP) is 0.890. The molecule has 1 aromatic carbocycles. The Morgan fingerprint density at radius 3 is 2.40 bits per heavy atom. The van der Waals surface area contributed by atoms with Crippen molar-refractivity contribution in [3.05, 3.63) is 29.8 Å². The third-order valence-electron chi connectivity index (χ3n) is 2.21. The van der Waals surface area contributed by atoms with E-state index in [1.807, 2.05) is 6.92 Å². The molecule has 0 saturated heterocycles. The molecule has 7 heteroatoms. The number of rotatable bonds is 8. The van der Waals surface area contributed by atoms with Crippen LogP contribution in [0.4, 0.5) is 0 Å². The van der Waals surface area contributed by atoms with Crippen LogP contribution in [-0.2, 0) is 9.59 Å². The minimum atomic E-state index is -1.15. The summed E-state index contributed by atoms with van der Waals surface area (Å²) in [7, 11) is 0. The van der Waals surface area contributed by atoms with Crippen molar-refractivity contribution in [2.75, 3.05) is 19.7 Å². The Morgan fingerprint density at radius 2 is 1.85 bits per heavy atom. The first kappa shape index (κ1) is 15.5. The monoisotopic (exact) mass is 280 g/mol. The molecule has 0 aliphatic rings. The third-order valence-corrected chi connectivity index (χ3v) is 2.21. The molecule has 0 aliphatic heterocycles. The van der Waals surface area contributed by atoms with Crippen molar-refractivity contribution in [3.63, 3.8) is 0 Å². The van der Waals surface area contributed by atoms with E-state index in [9.17, 15) is 9.59 Å². The van der Waals surface area contributed by atoms with E-state index in [-0.39, 0.29) is 0 Å². The van der Waals surface area contributed by atoms with Gasteiger partial charge in [-0.2, -0.15) is 5.10 Å².